The van der Waals surface area contributed by atoms with E-state index in [0.29, 0.717) is 18.9 Å². The largest absolute Gasteiger partial charge is 0.357 e. The number of nitrogens with zero attached hydrogens (tertiary/aromatic N) is 3. The highest BCUT2D eigenvalue weighted by Crippen LogP contribution is 2.14. The molecule has 0 aliphatic rings. The van der Waals surface area contributed by atoms with Gasteiger partial charge in [-0.05, 0) is 51.7 Å². The number of guanidine groups is 1. The van der Waals surface area contributed by atoms with Gasteiger partial charge in [0, 0.05) is 31.9 Å². The fourth-order valence-corrected chi connectivity index (χ4v) is 4.81. The molecule has 1 unspecified atom stereocenters. The van der Waals surface area contributed by atoms with Crippen LogP contribution in [0.3, 0.4) is 0 Å². The average Bonchev–Trinajstić information content (AvgIpc) is 2.92. The Bertz CT molecular complexity index is 942. The maximum atomic E-state index is 12.3. The highest BCUT2D eigenvalue weighted by Gasteiger charge is 2.14. The predicted octanol–water partition coefficient (Wildman–Crippen LogP) is 3.15. The van der Waals surface area contributed by atoms with Crippen molar-refractivity contribution >= 4 is 39.8 Å². The van der Waals surface area contributed by atoms with Gasteiger partial charge in [-0.1, -0.05) is 30.3 Å². The van der Waals surface area contributed by atoms with Gasteiger partial charge in [0.25, 0.3) is 0 Å². The number of rotatable bonds is 10. The number of hydrogen-bond donors (Lipinski definition) is 2. The fraction of sp³-hybridized carbons (Fsp3) is 0.545. The first kappa shape index (κ1) is 27.4. The zero-order valence-corrected chi connectivity index (χ0v) is 22.3. The van der Waals surface area contributed by atoms with E-state index in [-0.39, 0.29) is 41.5 Å². The van der Waals surface area contributed by atoms with Gasteiger partial charge in [-0.2, -0.15) is 5.10 Å². The van der Waals surface area contributed by atoms with Crippen LogP contribution >= 0.6 is 24.0 Å². The smallest absolute Gasteiger partial charge is 0.191 e. The van der Waals surface area contributed by atoms with Crippen LogP contribution in [0.25, 0.3) is 0 Å². The molecule has 7 nitrogen and oxygen atoms in total. The van der Waals surface area contributed by atoms with Crippen molar-refractivity contribution in [3.63, 3.8) is 0 Å². The van der Waals surface area contributed by atoms with Crippen LogP contribution in [0.15, 0.2) is 35.3 Å². The molecule has 0 aliphatic heterocycles. The summed E-state index contributed by atoms with van der Waals surface area (Å²) in [6.07, 6.45) is 1.35. The third-order valence-electron chi connectivity index (χ3n) is 5.01. The fourth-order valence-electron chi connectivity index (χ4n) is 3.40. The molecule has 0 radical (unpaired) electrons. The lowest BCUT2D eigenvalue weighted by Gasteiger charge is -2.18. The number of sulfone groups is 1. The number of aryl methyl sites for hydroxylation is 2. The summed E-state index contributed by atoms with van der Waals surface area (Å²) in [6.45, 7) is 9.45. The summed E-state index contributed by atoms with van der Waals surface area (Å²) in [7, 11) is -1.18. The van der Waals surface area contributed by atoms with E-state index in [0.717, 1.165) is 24.2 Å². The monoisotopic (exact) mass is 561 g/mol. The molecule has 2 rings (SSSR count). The normalized spacial score (nSPS) is 12.9. The molecule has 1 aromatic heterocycles. The molecule has 9 heteroatoms. The molecule has 2 aromatic rings. The second-order valence-electron chi connectivity index (χ2n) is 7.71. The Morgan fingerprint density at radius 1 is 1.23 bits per heavy atom. The minimum Gasteiger partial charge on any atom is -0.357 e. The zero-order chi connectivity index (χ0) is 22.1. The lowest BCUT2D eigenvalue weighted by molar-refractivity contribution is 0.592. The number of benzene rings is 1. The van der Waals surface area contributed by atoms with E-state index < -0.39 is 9.84 Å². The van der Waals surface area contributed by atoms with Crippen LogP contribution in [0, 0.1) is 13.8 Å². The highest BCUT2D eigenvalue weighted by molar-refractivity contribution is 14.0. The predicted molar refractivity (Wildman–Crippen MR) is 139 cm³/mol. The Balaban J connectivity index is 0.00000480. The summed E-state index contributed by atoms with van der Waals surface area (Å²) in [6, 6.07) is 9.47. The van der Waals surface area contributed by atoms with Gasteiger partial charge in [0.15, 0.2) is 15.8 Å². The molecule has 0 bridgehead atoms. The lowest BCUT2D eigenvalue weighted by atomic mass is 10.1. The molecule has 31 heavy (non-hydrogen) atoms. The maximum Gasteiger partial charge on any atom is 0.191 e. The lowest BCUT2D eigenvalue weighted by Crippen LogP contribution is -2.43. The van der Waals surface area contributed by atoms with Gasteiger partial charge in [0.1, 0.15) is 0 Å². The van der Waals surface area contributed by atoms with Crippen LogP contribution in [0.2, 0.25) is 0 Å². The summed E-state index contributed by atoms with van der Waals surface area (Å²) in [5, 5.41) is 11.1. The minimum absolute atomic E-state index is 0. The molecule has 0 fully saturated rings. The second-order valence-corrected chi connectivity index (χ2v) is 9.90. The Morgan fingerprint density at radius 3 is 2.48 bits per heavy atom. The molecule has 174 valence electrons. The van der Waals surface area contributed by atoms with E-state index in [2.05, 4.69) is 34.6 Å². The van der Waals surface area contributed by atoms with Gasteiger partial charge < -0.3 is 10.6 Å². The topological polar surface area (TPSA) is 88.4 Å². The van der Waals surface area contributed by atoms with Crippen LogP contribution in [-0.2, 0) is 29.1 Å². The molecule has 1 heterocycles. The molecule has 1 atom stereocenters. The summed E-state index contributed by atoms with van der Waals surface area (Å²) in [4.78, 5) is 4.56. The van der Waals surface area contributed by atoms with Crippen molar-refractivity contribution in [2.75, 3.05) is 18.8 Å². The third kappa shape index (κ3) is 9.18. The second kappa shape index (κ2) is 13.0. The number of hydrogen-bond acceptors (Lipinski definition) is 4. The Hall–Kier alpha value is -1.62. The number of aliphatic imine (C=N–C) groups is 1. The first-order chi connectivity index (χ1) is 14.2. The Kier molecular flexibility index (Phi) is 11.5. The maximum absolute atomic E-state index is 12.3. The van der Waals surface area contributed by atoms with Crippen molar-refractivity contribution in [2.45, 2.75) is 52.3 Å². The van der Waals surface area contributed by atoms with Crippen LogP contribution in [0.5, 0.6) is 0 Å². The van der Waals surface area contributed by atoms with Gasteiger partial charge in [-0.25, -0.2) is 8.42 Å². The summed E-state index contributed by atoms with van der Waals surface area (Å²) in [5.41, 5.74) is 4.30. The van der Waals surface area contributed by atoms with Crippen molar-refractivity contribution in [2.24, 2.45) is 12.0 Å². The number of aromatic nitrogens is 2. The molecule has 0 amide bonds. The van der Waals surface area contributed by atoms with Crippen molar-refractivity contribution in [3.8, 4) is 0 Å². The van der Waals surface area contributed by atoms with E-state index in [1.54, 1.807) is 0 Å². The quantitative estimate of drug-likeness (QED) is 0.202. The number of nitrogens with one attached hydrogen (secondary N) is 2. The first-order valence-electron chi connectivity index (χ1n) is 10.5. The van der Waals surface area contributed by atoms with Crippen LogP contribution in [0.4, 0.5) is 0 Å². The van der Waals surface area contributed by atoms with E-state index in [4.69, 9.17) is 0 Å². The third-order valence-corrected chi connectivity index (χ3v) is 6.69. The van der Waals surface area contributed by atoms with E-state index >= 15 is 0 Å². The van der Waals surface area contributed by atoms with Gasteiger partial charge >= 0.3 is 0 Å². The molecule has 2 N–H and O–H groups in total. The van der Waals surface area contributed by atoms with Gasteiger partial charge in [0.05, 0.1) is 17.2 Å². The van der Waals surface area contributed by atoms with Crippen molar-refractivity contribution in [1.82, 2.24) is 20.4 Å². The molecule has 0 aliphatic carbocycles. The Morgan fingerprint density at radius 2 is 1.90 bits per heavy atom. The minimum atomic E-state index is -3.14. The highest BCUT2D eigenvalue weighted by atomic mass is 127. The van der Waals surface area contributed by atoms with Crippen molar-refractivity contribution < 1.29 is 8.42 Å². The van der Waals surface area contributed by atoms with Crippen molar-refractivity contribution in [1.29, 1.82) is 0 Å². The standard InChI is InChI=1S/C22H35N5O2S.HI/c1-6-23-22(25-17(2)15-21-18(3)26-27(5)19(21)4)24-13-10-14-30(28,29)16-20-11-8-7-9-12-20;/h7-9,11-12,17H,6,10,13-16H2,1-5H3,(H2,23,24,25);1H. The van der Waals surface area contributed by atoms with E-state index in [1.165, 1.54) is 11.3 Å². The van der Waals surface area contributed by atoms with E-state index in [1.807, 2.05) is 55.9 Å². The SMILES string of the molecule is CCNC(=NCCCS(=O)(=O)Cc1ccccc1)NC(C)Cc1c(C)nn(C)c1C.I. The summed E-state index contributed by atoms with van der Waals surface area (Å²) >= 11 is 0. The average molecular weight is 562 g/mol. The summed E-state index contributed by atoms with van der Waals surface area (Å²) in [5.74, 6) is 0.926. The van der Waals surface area contributed by atoms with Crippen LogP contribution < -0.4 is 10.6 Å². The molecular weight excluding hydrogens is 525 g/mol. The number of halogens is 1. The molecule has 0 saturated heterocycles. The van der Waals surface area contributed by atoms with Crippen molar-refractivity contribution in [3.05, 3.63) is 52.8 Å². The van der Waals surface area contributed by atoms with Gasteiger partial charge in [-0.3, -0.25) is 9.67 Å². The zero-order valence-electron chi connectivity index (χ0n) is 19.2. The van der Waals surface area contributed by atoms with E-state index in [9.17, 15) is 8.42 Å². The van der Waals surface area contributed by atoms with Crippen LogP contribution in [-0.4, -0.2) is 49.0 Å². The molecule has 0 saturated carbocycles. The molecule has 0 spiro atoms. The van der Waals surface area contributed by atoms with Crippen LogP contribution in [0.1, 0.15) is 42.8 Å². The summed E-state index contributed by atoms with van der Waals surface area (Å²) < 4.78 is 26.6. The van der Waals surface area contributed by atoms with Gasteiger partial charge in [-0.15, -0.1) is 24.0 Å². The van der Waals surface area contributed by atoms with Gasteiger partial charge in [0.2, 0.25) is 0 Å². The molecular formula is C22H36IN5O2S. The Labute approximate surface area is 204 Å². The first-order valence-corrected chi connectivity index (χ1v) is 12.3. The molecule has 1 aromatic carbocycles.